The van der Waals surface area contributed by atoms with Crippen LogP contribution in [0.15, 0.2) is 18.3 Å². The summed E-state index contributed by atoms with van der Waals surface area (Å²) in [7, 11) is 0. The molecule has 1 saturated heterocycles. The van der Waals surface area contributed by atoms with E-state index in [2.05, 4.69) is 21.5 Å². The lowest BCUT2D eigenvalue weighted by Crippen LogP contribution is -2.26. The zero-order chi connectivity index (χ0) is 12.5. The lowest BCUT2D eigenvalue weighted by atomic mass is 10.0. The van der Waals surface area contributed by atoms with Gasteiger partial charge in [0, 0.05) is 18.8 Å². The maximum atomic E-state index is 6.02. The Morgan fingerprint density at radius 1 is 1.56 bits per heavy atom. The summed E-state index contributed by atoms with van der Waals surface area (Å²) in [6.45, 7) is 2.90. The van der Waals surface area contributed by atoms with Gasteiger partial charge in [-0.15, -0.1) is 11.6 Å². The van der Waals surface area contributed by atoms with Crippen LogP contribution < -0.4 is 0 Å². The van der Waals surface area contributed by atoms with Crippen molar-refractivity contribution in [1.82, 2.24) is 14.5 Å². The number of rotatable bonds is 2. The van der Waals surface area contributed by atoms with Crippen LogP contribution >= 0.6 is 11.6 Å². The van der Waals surface area contributed by atoms with E-state index < -0.39 is 0 Å². The molecule has 5 heteroatoms. The largest absolute Gasteiger partial charge is 0.378 e. The fourth-order valence-electron chi connectivity index (χ4n) is 2.66. The first kappa shape index (κ1) is 11.9. The maximum absolute atomic E-state index is 6.02. The smallest absolute Gasteiger partial charge is 0.160 e. The van der Waals surface area contributed by atoms with Gasteiger partial charge in [-0.2, -0.15) is 0 Å². The van der Waals surface area contributed by atoms with Crippen LogP contribution in [0.2, 0.25) is 0 Å². The fourth-order valence-corrected chi connectivity index (χ4v) is 2.85. The highest BCUT2D eigenvalue weighted by Gasteiger charge is 2.25. The van der Waals surface area contributed by atoms with Crippen LogP contribution in [0.25, 0.3) is 11.2 Å². The molecule has 0 radical (unpaired) electrons. The average molecular weight is 266 g/mol. The lowest BCUT2D eigenvalue weighted by molar-refractivity contribution is 0.00623. The summed E-state index contributed by atoms with van der Waals surface area (Å²) in [6.07, 6.45) is 4.08. The number of halogens is 1. The number of ether oxygens (including phenoxy) is 1. The molecule has 3 heterocycles. The van der Waals surface area contributed by atoms with Crippen LogP contribution in [0.4, 0.5) is 0 Å². The van der Waals surface area contributed by atoms with Crippen molar-refractivity contribution < 1.29 is 4.74 Å². The van der Waals surface area contributed by atoms with Crippen LogP contribution in [-0.4, -0.2) is 27.2 Å². The van der Waals surface area contributed by atoms with Gasteiger partial charge < -0.3 is 9.30 Å². The van der Waals surface area contributed by atoms with Gasteiger partial charge in [0.25, 0.3) is 0 Å². The minimum absolute atomic E-state index is 0.285. The molecule has 1 fully saturated rings. The van der Waals surface area contributed by atoms with Gasteiger partial charge >= 0.3 is 0 Å². The third-order valence-corrected chi connectivity index (χ3v) is 3.70. The number of imidazole rings is 1. The molecule has 2 unspecified atom stereocenters. The first-order valence-corrected chi connectivity index (χ1v) is 6.82. The van der Waals surface area contributed by atoms with E-state index in [0.29, 0.717) is 11.9 Å². The molecular weight excluding hydrogens is 250 g/mol. The summed E-state index contributed by atoms with van der Waals surface area (Å²) in [5, 5.41) is 0. The Balaban J connectivity index is 2.08. The van der Waals surface area contributed by atoms with Gasteiger partial charge in [0.2, 0.25) is 0 Å². The number of hydrogen-bond acceptors (Lipinski definition) is 3. The van der Waals surface area contributed by atoms with E-state index >= 15 is 0 Å². The SMILES string of the molecule is CC1CC(n2c(CCl)nc3cccnc32)CCO1. The van der Waals surface area contributed by atoms with E-state index in [9.17, 15) is 0 Å². The average Bonchev–Trinajstić information content (AvgIpc) is 2.77. The van der Waals surface area contributed by atoms with Crippen molar-refractivity contribution >= 4 is 22.8 Å². The lowest BCUT2D eigenvalue weighted by Gasteiger charge is -2.29. The molecule has 2 aromatic rings. The highest BCUT2D eigenvalue weighted by atomic mass is 35.5. The molecule has 96 valence electrons. The first-order chi connectivity index (χ1) is 8.79. The Morgan fingerprint density at radius 3 is 3.22 bits per heavy atom. The van der Waals surface area contributed by atoms with E-state index in [1.807, 2.05) is 12.1 Å². The van der Waals surface area contributed by atoms with Crippen LogP contribution in [0.3, 0.4) is 0 Å². The zero-order valence-electron chi connectivity index (χ0n) is 10.3. The molecule has 0 aliphatic carbocycles. The standard InChI is InChI=1S/C13H16ClN3O/c1-9-7-10(4-6-18-9)17-12(8-14)16-11-3-2-5-15-13(11)17/h2-3,5,9-10H,4,6-8H2,1H3. The maximum Gasteiger partial charge on any atom is 0.160 e. The minimum atomic E-state index is 0.285. The number of alkyl halides is 1. The summed E-state index contributed by atoms with van der Waals surface area (Å²) >= 11 is 6.02. The van der Waals surface area contributed by atoms with Crippen LogP contribution in [0, 0.1) is 0 Å². The monoisotopic (exact) mass is 265 g/mol. The topological polar surface area (TPSA) is 39.9 Å². The highest BCUT2D eigenvalue weighted by Crippen LogP contribution is 2.29. The highest BCUT2D eigenvalue weighted by molar-refractivity contribution is 6.16. The molecule has 0 bridgehead atoms. The van der Waals surface area contributed by atoms with Crippen LogP contribution in [0.5, 0.6) is 0 Å². The second-order valence-electron chi connectivity index (χ2n) is 4.74. The fraction of sp³-hybridized carbons (Fsp3) is 0.538. The molecule has 3 rings (SSSR count). The number of pyridine rings is 1. The van der Waals surface area contributed by atoms with Crippen LogP contribution in [-0.2, 0) is 10.6 Å². The van der Waals surface area contributed by atoms with Crippen molar-refractivity contribution in [2.45, 2.75) is 37.8 Å². The second kappa shape index (κ2) is 4.86. The third-order valence-electron chi connectivity index (χ3n) is 3.46. The van der Waals surface area contributed by atoms with Gasteiger partial charge in [-0.3, -0.25) is 0 Å². The van der Waals surface area contributed by atoms with Crippen molar-refractivity contribution in [3.8, 4) is 0 Å². The van der Waals surface area contributed by atoms with Gasteiger partial charge in [-0.25, -0.2) is 9.97 Å². The molecule has 2 aromatic heterocycles. The number of nitrogens with zero attached hydrogens (tertiary/aromatic N) is 3. The molecule has 0 spiro atoms. The van der Waals surface area contributed by atoms with Gasteiger partial charge in [0.05, 0.1) is 12.0 Å². The van der Waals surface area contributed by atoms with Crippen molar-refractivity contribution in [2.75, 3.05) is 6.61 Å². The Hall–Kier alpha value is -1.13. The number of aromatic nitrogens is 3. The van der Waals surface area contributed by atoms with Crippen molar-refractivity contribution in [2.24, 2.45) is 0 Å². The minimum Gasteiger partial charge on any atom is -0.378 e. The summed E-state index contributed by atoms with van der Waals surface area (Å²) in [4.78, 5) is 9.01. The molecule has 1 aliphatic rings. The zero-order valence-corrected chi connectivity index (χ0v) is 11.1. The Kier molecular flexibility index (Phi) is 3.22. The summed E-state index contributed by atoms with van der Waals surface area (Å²) < 4.78 is 7.80. The van der Waals surface area contributed by atoms with E-state index in [1.54, 1.807) is 6.20 Å². The van der Waals surface area contributed by atoms with Gasteiger partial charge in [-0.1, -0.05) is 0 Å². The van der Waals surface area contributed by atoms with Gasteiger partial charge in [-0.05, 0) is 31.9 Å². The Bertz CT molecular complexity index is 554. The Labute approximate surface area is 111 Å². The second-order valence-corrected chi connectivity index (χ2v) is 5.00. The van der Waals surface area contributed by atoms with E-state index in [1.165, 1.54) is 0 Å². The molecule has 2 atom stereocenters. The van der Waals surface area contributed by atoms with Crippen molar-refractivity contribution in [1.29, 1.82) is 0 Å². The van der Waals surface area contributed by atoms with Crippen molar-refractivity contribution in [3.63, 3.8) is 0 Å². The third kappa shape index (κ3) is 1.99. The number of hydrogen-bond donors (Lipinski definition) is 0. The summed E-state index contributed by atoms with van der Waals surface area (Å²) in [5.74, 6) is 1.33. The molecule has 1 aliphatic heterocycles. The Morgan fingerprint density at radius 2 is 2.44 bits per heavy atom. The summed E-state index contributed by atoms with van der Waals surface area (Å²) in [6, 6.07) is 4.28. The van der Waals surface area contributed by atoms with Crippen molar-refractivity contribution in [3.05, 3.63) is 24.2 Å². The molecule has 18 heavy (non-hydrogen) atoms. The van der Waals surface area contributed by atoms with Gasteiger partial charge in [0.15, 0.2) is 5.65 Å². The molecule has 0 N–H and O–H groups in total. The summed E-state index contributed by atoms with van der Waals surface area (Å²) in [5.41, 5.74) is 1.86. The predicted molar refractivity (Wildman–Crippen MR) is 70.8 cm³/mol. The molecule has 4 nitrogen and oxygen atoms in total. The van der Waals surface area contributed by atoms with E-state index in [0.717, 1.165) is 36.4 Å². The van der Waals surface area contributed by atoms with Crippen LogP contribution in [0.1, 0.15) is 31.6 Å². The molecule has 0 aromatic carbocycles. The molecule has 0 amide bonds. The quantitative estimate of drug-likeness (QED) is 0.784. The first-order valence-electron chi connectivity index (χ1n) is 6.29. The normalized spacial score (nSPS) is 24.6. The van der Waals surface area contributed by atoms with Gasteiger partial charge in [0.1, 0.15) is 11.3 Å². The predicted octanol–water partition coefficient (Wildman–Crippen LogP) is 2.91. The molecule has 0 saturated carbocycles. The van der Waals surface area contributed by atoms with E-state index in [-0.39, 0.29) is 6.10 Å². The molecular formula is C13H16ClN3O. The van der Waals surface area contributed by atoms with E-state index in [4.69, 9.17) is 16.3 Å². The number of fused-ring (bicyclic) bond motifs is 1.